The molecule has 16 heavy (non-hydrogen) atoms. The molecule has 0 spiro atoms. The van der Waals surface area contributed by atoms with E-state index in [4.69, 9.17) is 10.2 Å². The molecule has 0 aliphatic carbocycles. The van der Waals surface area contributed by atoms with Crippen molar-refractivity contribution in [2.75, 3.05) is 0 Å². The molecule has 0 saturated heterocycles. The molecule has 4 heteroatoms. The second-order valence-electron chi connectivity index (χ2n) is 4.16. The number of aliphatic carboxylic acids is 2. The van der Waals surface area contributed by atoms with Gasteiger partial charge in [0.05, 0.1) is 11.8 Å². The molecule has 0 aromatic heterocycles. The van der Waals surface area contributed by atoms with Gasteiger partial charge in [-0.15, -0.1) is 0 Å². The number of hydrogen-bond acceptors (Lipinski definition) is 2. The van der Waals surface area contributed by atoms with Crippen LogP contribution in [0.3, 0.4) is 0 Å². The van der Waals surface area contributed by atoms with Crippen LogP contribution >= 0.6 is 0 Å². The third kappa shape index (κ3) is 3.83. The molecule has 0 heterocycles. The zero-order chi connectivity index (χ0) is 12.7. The normalized spacial score (nSPS) is 16.4. The van der Waals surface area contributed by atoms with Gasteiger partial charge in [0, 0.05) is 0 Å². The molecule has 0 aliphatic rings. The van der Waals surface area contributed by atoms with E-state index in [1.54, 1.807) is 13.8 Å². The highest BCUT2D eigenvalue weighted by molar-refractivity contribution is 5.74. The predicted molar refractivity (Wildman–Crippen MR) is 61.2 cm³/mol. The zero-order valence-electron chi connectivity index (χ0n) is 10.3. The Morgan fingerprint density at radius 1 is 0.938 bits per heavy atom. The minimum absolute atomic E-state index is 0.255. The van der Waals surface area contributed by atoms with Gasteiger partial charge in [-0.25, -0.2) is 0 Å². The molecule has 0 aromatic carbocycles. The lowest BCUT2D eigenvalue weighted by Gasteiger charge is -2.27. The Labute approximate surface area is 96.7 Å². The summed E-state index contributed by atoms with van der Waals surface area (Å²) >= 11 is 0. The molecule has 0 aromatic rings. The lowest BCUT2D eigenvalue weighted by Crippen LogP contribution is -2.33. The van der Waals surface area contributed by atoms with Gasteiger partial charge in [-0.1, -0.05) is 27.2 Å². The fraction of sp³-hybridized carbons (Fsp3) is 0.833. The molecule has 0 radical (unpaired) electrons. The number of carboxylic acid groups (broad SMARTS) is 2. The molecular weight excluding hydrogens is 208 g/mol. The summed E-state index contributed by atoms with van der Waals surface area (Å²) in [6, 6.07) is 0. The van der Waals surface area contributed by atoms with E-state index in [0.29, 0.717) is 19.3 Å². The summed E-state index contributed by atoms with van der Waals surface area (Å²) in [7, 11) is 0. The summed E-state index contributed by atoms with van der Waals surface area (Å²) in [5.74, 6) is -3.08. The smallest absolute Gasteiger partial charge is 0.306 e. The van der Waals surface area contributed by atoms with Crippen molar-refractivity contribution in [1.82, 2.24) is 0 Å². The fourth-order valence-corrected chi connectivity index (χ4v) is 2.34. The van der Waals surface area contributed by atoms with Gasteiger partial charge in [-0.3, -0.25) is 9.59 Å². The van der Waals surface area contributed by atoms with Crippen molar-refractivity contribution in [3.63, 3.8) is 0 Å². The number of carbonyl (C=O) groups is 2. The minimum atomic E-state index is -0.874. The fourth-order valence-electron chi connectivity index (χ4n) is 2.34. The van der Waals surface area contributed by atoms with E-state index in [2.05, 4.69) is 0 Å². The molecule has 0 bridgehead atoms. The van der Waals surface area contributed by atoms with Crippen molar-refractivity contribution in [3.05, 3.63) is 0 Å². The quantitative estimate of drug-likeness (QED) is 0.672. The standard InChI is InChI=1S/C12H22O4/c1-4-7-10(8(5-2)11(13)14)9(6-3)12(15)16/h8-10H,4-7H2,1-3H3,(H,13,14)(H,15,16). The van der Waals surface area contributed by atoms with Crippen LogP contribution in [0.15, 0.2) is 0 Å². The van der Waals surface area contributed by atoms with Crippen LogP contribution in [-0.2, 0) is 9.59 Å². The van der Waals surface area contributed by atoms with Crippen LogP contribution in [0.4, 0.5) is 0 Å². The molecule has 0 fully saturated rings. The zero-order valence-corrected chi connectivity index (χ0v) is 10.3. The van der Waals surface area contributed by atoms with E-state index < -0.39 is 23.8 Å². The molecular formula is C12H22O4. The number of rotatable bonds is 8. The Bertz CT molecular complexity index is 215. The van der Waals surface area contributed by atoms with Crippen molar-refractivity contribution in [3.8, 4) is 0 Å². The van der Waals surface area contributed by atoms with Gasteiger partial charge in [-0.2, -0.15) is 0 Å². The van der Waals surface area contributed by atoms with Gasteiger partial charge < -0.3 is 10.2 Å². The van der Waals surface area contributed by atoms with Crippen molar-refractivity contribution < 1.29 is 19.8 Å². The summed E-state index contributed by atoms with van der Waals surface area (Å²) in [5, 5.41) is 18.2. The topological polar surface area (TPSA) is 74.6 Å². The monoisotopic (exact) mass is 230 g/mol. The largest absolute Gasteiger partial charge is 0.481 e. The Balaban J connectivity index is 4.93. The Morgan fingerprint density at radius 3 is 1.50 bits per heavy atom. The summed E-state index contributed by atoms with van der Waals surface area (Å²) in [4.78, 5) is 22.2. The SMILES string of the molecule is CCCC(C(CC)C(=O)O)C(CC)C(=O)O. The lowest BCUT2D eigenvalue weighted by molar-refractivity contribution is -0.150. The molecule has 2 N–H and O–H groups in total. The van der Waals surface area contributed by atoms with Gasteiger partial charge in [0.25, 0.3) is 0 Å². The van der Waals surface area contributed by atoms with Crippen LogP contribution in [0.5, 0.6) is 0 Å². The van der Waals surface area contributed by atoms with Crippen molar-refractivity contribution in [2.24, 2.45) is 17.8 Å². The first kappa shape index (κ1) is 14.9. The van der Waals surface area contributed by atoms with E-state index in [0.717, 1.165) is 6.42 Å². The van der Waals surface area contributed by atoms with Crippen LogP contribution < -0.4 is 0 Å². The molecule has 0 aliphatic heterocycles. The lowest BCUT2D eigenvalue weighted by atomic mass is 9.76. The molecule has 2 unspecified atom stereocenters. The Hall–Kier alpha value is -1.06. The van der Waals surface area contributed by atoms with Crippen LogP contribution in [0, 0.1) is 17.8 Å². The second-order valence-corrected chi connectivity index (χ2v) is 4.16. The summed E-state index contributed by atoms with van der Waals surface area (Å²) < 4.78 is 0. The van der Waals surface area contributed by atoms with Crippen LogP contribution in [-0.4, -0.2) is 22.2 Å². The van der Waals surface area contributed by atoms with Gasteiger partial charge in [0.1, 0.15) is 0 Å². The first-order valence-electron chi connectivity index (χ1n) is 5.95. The van der Waals surface area contributed by atoms with Gasteiger partial charge in [0.15, 0.2) is 0 Å². The minimum Gasteiger partial charge on any atom is -0.481 e. The highest BCUT2D eigenvalue weighted by Crippen LogP contribution is 2.31. The van der Waals surface area contributed by atoms with E-state index in [9.17, 15) is 9.59 Å². The maximum atomic E-state index is 11.1. The van der Waals surface area contributed by atoms with Crippen LogP contribution in [0.25, 0.3) is 0 Å². The predicted octanol–water partition coefficient (Wildman–Crippen LogP) is 2.62. The molecule has 0 saturated carbocycles. The summed E-state index contributed by atoms with van der Waals surface area (Å²) in [6.45, 7) is 5.56. The Morgan fingerprint density at radius 2 is 1.31 bits per heavy atom. The maximum absolute atomic E-state index is 11.1. The van der Waals surface area contributed by atoms with Gasteiger partial charge in [0.2, 0.25) is 0 Å². The number of hydrogen-bond donors (Lipinski definition) is 2. The van der Waals surface area contributed by atoms with E-state index in [1.807, 2.05) is 6.92 Å². The third-order valence-electron chi connectivity index (χ3n) is 3.17. The molecule has 4 nitrogen and oxygen atoms in total. The van der Waals surface area contributed by atoms with E-state index in [-0.39, 0.29) is 5.92 Å². The molecule has 0 rings (SSSR count). The first-order chi connectivity index (χ1) is 7.49. The highest BCUT2D eigenvalue weighted by Gasteiger charge is 2.35. The van der Waals surface area contributed by atoms with E-state index >= 15 is 0 Å². The maximum Gasteiger partial charge on any atom is 0.306 e. The number of carboxylic acids is 2. The molecule has 0 amide bonds. The van der Waals surface area contributed by atoms with E-state index in [1.165, 1.54) is 0 Å². The van der Waals surface area contributed by atoms with Crippen molar-refractivity contribution >= 4 is 11.9 Å². The van der Waals surface area contributed by atoms with Crippen LogP contribution in [0.1, 0.15) is 46.5 Å². The van der Waals surface area contributed by atoms with Crippen molar-refractivity contribution in [1.29, 1.82) is 0 Å². The summed E-state index contributed by atoms with van der Waals surface area (Å²) in [5.41, 5.74) is 0. The Kier molecular flexibility index (Phi) is 6.77. The van der Waals surface area contributed by atoms with Gasteiger partial charge in [-0.05, 0) is 25.2 Å². The summed E-state index contributed by atoms with van der Waals surface area (Å²) in [6.07, 6.45) is 2.46. The average Bonchev–Trinajstić information content (AvgIpc) is 2.18. The average molecular weight is 230 g/mol. The first-order valence-corrected chi connectivity index (χ1v) is 5.95. The third-order valence-corrected chi connectivity index (χ3v) is 3.17. The highest BCUT2D eigenvalue weighted by atomic mass is 16.4. The van der Waals surface area contributed by atoms with Crippen molar-refractivity contribution in [2.45, 2.75) is 46.5 Å². The van der Waals surface area contributed by atoms with Gasteiger partial charge >= 0.3 is 11.9 Å². The second kappa shape index (κ2) is 7.25. The molecule has 2 atom stereocenters. The van der Waals surface area contributed by atoms with Crippen LogP contribution in [0.2, 0.25) is 0 Å². The molecule has 94 valence electrons.